The molecule has 1 aliphatic rings. The van der Waals surface area contributed by atoms with E-state index >= 15 is 0 Å². The Bertz CT molecular complexity index is 447. The van der Waals surface area contributed by atoms with Crippen molar-refractivity contribution < 1.29 is 23.7 Å². The summed E-state index contributed by atoms with van der Waals surface area (Å²) in [6.07, 6.45) is 4.65. The van der Waals surface area contributed by atoms with Gasteiger partial charge in [0.1, 0.15) is 0 Å². The third-order valence-corrected chi connectivity index (χ3v) is 5.34. The molecule has 92 valence electrons. The molecule has 0 heterocycles. The van der Waals surface area contributed by atoms with Gasteiger partial charge in [-0.25, -0.2) is 0 Å². The number of carbonyl (C=O) groups is 1. The fourth-order valence-electron chi connectivity index (χ4n) is 1.99. The summed E-state index contributed by atoms with van der Waals surface area (Å²) in [5.74, 6) is 0. The molecule has 0 saturated heterocycles. The van der Waals surface area contributed by atoms with Gasteiger partial charge < -0.3 is 13.4 Å². The number of hydrogen-bond donors (Lipinski definition) is 0. The molecule has 0 atom stereocenters. The van der Waals surface area contributed by atoms with Crippen molar-refractivity contribution in [2.24, 2.45) is 0 Å². The monoisotopic (exact) mass is 314 g/mol. The number of carbonyl (C=O) groups excluding carboxylic acids is 1. The first-order valence-electron chi connectivity index (χ1n) is 5.48. The van der Waals surface area contributed by atoms with E-state index in [1.54, 1.807) is 12.1 Å². The Balaban J connectivity index is 0.00000162. The van der Waals surface area contributed by atoms with E-state index in [-0.39, 0.29) is 29.4 Å². The van der Waals surface area contributed by atoms with Crippen molar-refractivity contribution in [1.82, 2.24) is 0 Å². The molecular formula is C12H11Cl3LiOP. The average molecular weight is 315 g/mol. The Labute approximate surface area is 136 Å². The van der Waals surface area contributed by atoms with E-state index in [0.717, 1.165) is 21.4 Å². The molecule has 0 aromatic heterocycles. The van der Waals surface area contributed by atoms with Gasteiger partial charge in [-0.05, 0) is 12.1 Å². The Morgan fingerprint density at radius 1 is 1.11 bits per heavy atom. The van der Waals surface area contributed by atoms with Gasteiger partial charge in [0, 0.05) is 11.1 Å². The topological polar surface area (TPSA) is 17.1 Å². The quantitative estimate of drug-likeness (QED) is 0.476. The Hall–Kier alpha value is 0.787. The van der Waals surface area contributed by atoms with Crippen molar-refractivity contribution in [3.63, 3.8) is 0 Å². The zero-order chi connectivity index (χ0) is 12.4. The minimum atomic E-state index is -0.0191. The third kappa shape index (κ3) is 3.89. The molecule has 1 aromatic carbocycles. The minimum Gasteiger partial charge on any atom is -0.456 e. The summed E-state index contributed by atoms with van der Waals surface area (Å²) in [5.41, 5.74) is 0.803. The average Bonchev–Trinajstić information content (AvgIpc) is 2.77. The van der Waals surface area contributed by atoms with Gasteiger partial charge >= 0.3 is 18.9 Å². The fourth-order valence-corrected chi connectivity index (χ4v) is 4.13. The van der Waals surface area contributed by atoms with Crippen LogP contribution in [0, 0.1) is 0 Å². The predicted molar refractivity (Wildman–Crippen MR) is 75.0 cm³/mol. The first-order chi connectivity index (χ1) is 8.09. The molecule has 0 amide bonds. The molecule has 1 aliphatic carbocycles. The third-order valence-electron chi connectivity index (χ3n) is 2.88. The predicted octanol–water partition coefficient (Wildman–Crippen LogP) is 2.68. The second-order valence-electron chi connectivity index (χ2n) is 4.09. The van der Waals surface area contributed by atoms with Gasteiger partial charge in [0.05, 0.1) is 15.1 Å². The van der Waals surface area contributed by atoms with E-state index < -0.39 is 0 Å². The van der Waals surface area contributed by atoms with Crippen molar-refractivity contribution in [3.8, 4) is 0 Å². The smallest absolute Gasteiger partial charge is 0.456 e. The van der Waals surface area contributed by atoms with Gasteiger partial charge in [-0.2, -0.15) is 5.66 Å². The fraction of sp³-hybridized carbons (Fsp3) is 0.417. The van der Waals surface area contributed by atoms with E-state index in [1.807, 2.05) is 0 Å². The van der Waals surface area contributed by atoms with Crippen molar-refractivity contribution in [2.75, 3.05) is 0 Å². The molecule has 0 N–H and O–H groups in total. The van der Waals surface area contributed by atoms with Crippen LogP contribution in [0.4, 0.5) is 0 Å². The Morgan fingerprint density at radius 2 is 1.67 bits per heavy atom. The van der Waals surface area contributed by atoms with Gasteiger partial charge in [0.15, 0.2) is 0 Å². The van der Waals surface area contributed by atoms with Crippen molar-refractivity contribution in [1.29, 1.82) is 0 Å². The largest absolute Gasteiger partial charge is 1.00 e. The van der Waals surface area contributed by atoms with Crippen molar-refractivity contribution in [2.45, 2.75) is 31.3 Å². The molecule has 2 rings (SSSR count). The Morgan fingerprint density at radius 3 is 2.28 bits per heavy atom. The summed E-state index contributed by atoms with van der Waals surface area (Å²) in [6.45, 7) is 0. The molecular weight excluding hydrogens is 304 g/mol. The van der Waals surface area contributed by atoms with E-state index in [0.29, 0.717) is 21.3 Å². The molecule has 0 spiro atoms. The van der Waals surface area contributed by atoms with Crippen LogP contribution in [0.2, 0.25) is 15.1 Å². The maximum atomic E-state index is 12.2. The summed E-state index contributed by atoms with van der Waals surface area (Å²) in [4.78, 5) is 12.2. The van der Waals surface area contributed by atoms with Crippen LogP contribution in [-0.4, -0.2) is 11.2 Å². The maximum Gasteiger partial charge on any atom is 1.00 e. The summed E-state index contributed by atoms with van der Waals surface area (Å²) < 4.78 is 0. The molecule has 0 unspecified atom stereocenters. The minimum absolute atomic E-state index is 0. The van der Waals surface area contributed by atoms with E-state index in [1.165, 1.54) is 12.8 Å². The molecule has 1 fully saturated rings. The van der Waals surface area contributed by atoms with Crippen LogP contribution in [0.5, 0.6) is 0 Å². The second-order valence-corrected chi connectivity index (χ2v) is 6.68. The van der Waals surface area contributed by atoms with Crippen LogP contribution < -0.4 is 18.9 Å². The van der Waals surface area contributed by atoms with Crippen LogP contribution in [0.15, 0.2) is 12.1 Å². The molecule has 0 radical (unpaired) electrons. The summed E-state index contributed by atoms with van der Waals surface area (Å²) in [5, 5.41) is 1.03. The van der Waals surface area contributed by atoms with Crippen molar-refractivity contribution >= 4 is 48.9 Å². The van der Waals surface area contributed by atoms with Gasteiger partial charge in [0.25, 0.3) is 0 Å². The SMILES string of the molecule is O=C([P-]C1CCCC1)c1c(Cl)ccc(Cl)c1Cl.[Li+]. The van der Waals surface area contributed by atoms with E-state index in [9.17, 15) is 4.79 Å². The van der Waals surface area contributed by atoms with Gasteiger partial charge in [-0.15, -0.1) is 0 Å². The van der Waals surface area contributed by atoms with Crippen LogP contribution in [0.3, 0.4) is 0 Å². The Kier molecular flexibility index (Phi) is 7.05. The number of rotatable bonds is 3. The van der Waals surface area contributed by atoms with Crippen LogP contribution in [-0.2, 0) is 0 Å². The summed E-state index contributed by atoms with van der Waals surface area (Å²) >= 11 is 18.0. The standard InChI is InChI=1S/C12H11Cl3OP.Li/c13-8-5-6-9(14)11(15)10(8)12(16)17-7-3-1-2-4-7;/h5-7H,1-4H2;/q-1;+1. The summed E-state index contributed by atoms with van der Waals surface area (Å²) in [6, 6.07) is 3.22. The second kappa shape index (κ2) is 7.54. The normalized spacial score (nSPS) is 16.2. The number of benzene rings is 1. The van der Waals surface area contributed by atoms with Crippen molar-refractivity contribution in [3.05, 3.63) is 32.8 Å². The van der Waals surface area contributed by atoms with Gasteiger partial charge in [0.2, 0.25) is 0 Å². The first-order valence-corrected chi connectivity index (χ1v) is 7.58. The summed E-state index contributed by atoms with van der Waals surface area (Å²) in [7, 11) is 0.795. The molecule has 1 aromatic rings. The first kappa shape index (κ1) is 16.8. The molecule has 6 heteroatoms. The molecule has 1 nitrogen and oxygen atoms in total. The number of halogens is 3. The molecule has 0 bridgehead atoms. The van der Waals surface area contributed by atoms with Crippen LogP contribution in [0.25, 0.3) is 0 Å². The van der Waals surface area contributed by atoms with Crippen LogP contribution >= 0.6 is 43.4 Å². The molecule has 1 saturated carbocycles. The van der Waals surface area contributed by atoms with Crippen LogP contribution in [0.1, 0.15) is 36.0 Å². The van der Waals surface area contributed by atoms with E-state index in [2.05, 4.69) is 0 Å². The zero-order valence-corrected chi connectivity index (χ0v) is 13.2. The molecule has 0 aliphatic heterocycles. The van der Waals surface area contributed by atoms with Gasteiger partial charge in [-0.1, -0.05) is 60.5 Å². The molecule has 18 heavy (non-hydrogen) atoms. The van der Waals surface area contributed by atoms with E-state index in [4.69, 9.17) is 34.8 Å². The van der Waals surface area contributed by atoms with Gasteiger partial charge in [-0.3, -0.25) is 0 Å². The maximum absolute atomic E-state index is 12.2. The number of hydrogen-bond acceptors (Lipinski definition) is 1. The zero-order valence-electron chi connectivity index (χ0n) is 10.0.